The molecule has 2 aliphatic rings. The van der Waals surface area contributed by atoms with Gasteiger partial charge in [0.2, 0.25) is 0 Å². The van der Waals surface area contributed by atoms with Crippen LogP contribution < -0.4 is 10.1 Å². The number of nitrogens with zero attached hydrogens (tertiary/aromatic N) is 2. The van der Waals surface area contributed by atoms with Crippen LogP contribution in [0.3, 0.4) is 0 Å². The van der Waals surface area contributed by atoms with Crippen molar-refractivity contribution in [2.75, 3.05) is 20.3 Å². The highest BCUT2D eigenvalue weighted by Crippen LogP contribution is 2.36. The number of esters is 1. The van der Waals surface area contributed by atoms with Crippen LogP contribution in [0.25, 0.3) is 0 Å². The van der Waals surface area contributed by atoms with Gasteiger partial charge in [0.05, 0.1) is 23.3 Å². The number of fused-ring (bicyclic) bond motifs is 3. The summed E-state index contributed by atoms with van der Waals surface area (Å²) in [6.45, 7) is 1.58. The number of methoxy groups -OCH3 is 1. The zero-order valence-corrected chi connectivity index (χ0v) is 19.2. The maximum absolute atomic E-state index is 12.9. The van der Waals surface area contributed by atoms with Gasteiger partial charge in [-0.15, -0.1) is 0 Å². The molecule has 166 valence electrons. The summed E-state index contributed by atoms with van der Waals surface area (Å²) >= 11 is 3.51. The molecule has 0 saturated heterocycles. The van der Waals surface area contributed by atoms with Crippen LogP contribution in [0.1, 0.15) is 29.7 Å². The number of aliphatic imine (C=N–C) groups is 1. The predicted molar refractivity (Wildman–Crippen MR) is 120 cm³/mol. The Morgan fingerprint density at radius 3 is 2.75 bits per heavy atom. The first-order valence-corrected chi connectivity index (χ1v) is 10.9. The Morgan fingerprint density at radius 1 is 1.25 bits per heavy atom. The molecule has 8 nitrogen and oxygen atoms in total. The van der Waals surface area contributed by atoms with E-state index in [1.807, 2.05) is 42.5 Å². The number of amides is 3. The average Bonchev–Trinajstić information content (AvgIpc) is 2.94. The van der Waals surface area contributed by atoms with Gasteiger partial charge in [-0.2, -0.15) is 4.99 Å². The van der Waals surface area contributed by atoms with Crippen LogP contribution in [0, 0.1) is 5.92 Å². The molecular weight excluding hydrogens is 478 g/mol. The summed E-state index contributed by atoms with van der Waals surface area (Å²) in [7, 11) is 1.59. The van der Waals surface area contributed by atoms with E-state index in [9.17, 15) is 14.4 Å². The Morgan fingerprint density at radius 2 is 2.03 bits per heavy atom. The molecule has 2 unspecified atom stereocenters. The van der Waals surface area contributed by atoms with Crippen molar-refractivity contribution in [2.24, 2.45) is 10.9 Å². The van der Waals surface area contributed by atoms with Gasteiger partial charge in [-0.25, -0.2) is 4.79 Å². The van der Waals surface area contributed by atoms with E-state index in [1.165, 1.54) is 6.92 Å². The van der Waals surface area contributed by atoms with Crippen molar-refractivity contribution in [3.05, 3.63) is 63.6 Å². The zero-order valence-electron chi connectivity index (χ0n) is 17.6. The second-order valence-electron chi connectivity index (χ2n) is 7.64. The van der Waals surface area contributed by atoms with E-state index < -0.39 is 18.0 Å². The van der Waals surface area contributed by atoms with E-state index >= 15 is 0 Å². The molecule has 9 heteroatoms. The number of urea groups is 1. The lowest BCUT2D eigenvalue weighted by atomic mass is 9.84. The first-order chi connectivity index (χ1) is 15.4. The smallest absolute Gasteiger partial charge is 0.341 e. The maximum atomic E-state index is 12.9. The minimum Gasteiger partial charge on any atom is -0.496 e. The molecule has 0 fully saturated rings. The van der Waals surface area contributed by atoms with E-state index in [0.717, 1.165) is 21.2 Å². The number of carbonyl (C=O) groups is 3. The molecule has 2 aliphatic heterocycles. The van der Waals surface area contributed by atoms with Crippen molar-refractivity contribution >= 4 is 39.5 Å². The summed E-state index contributed by atoms with van der Waals surface area (Å²) in [6.07, 6.45) is 0. The average molecular weight is 500 g/mol. The number of hydrogen-bond acceptors (Lipinski definition) is 5. The fraction of sp³-hybridized carbons (Fsp3) is 0.304. The third-order valence-corrected chi connectivity index (χ3v) is 6.23. The number of hydrogen-bond donors (Lipinski definition) is 1. The third-order valence-electron chi connectivity index (χ3n) is 5.61. The number of halogens is 1. The number of ether oxygens (including phenoxy) is 2. The highest BCUT2D eigenvalue weighted by Gasteiger charge is 2.39. The highest BCUT2D eigenvalue weighted by molar-refractivity contribution is 9.10. The van der Waals surface area contributed by atoms with Gasteiger partial charge < -0.3 is 19.7 Å². The van der Waals surface area contributed by atoms with E-state index in [1.54, 1.807) is 12.0 Å². The third kappa shape index (κ3) is 4.38. The second kappa shape index (κ2) is 9.12. The quantitative estimate of drug-likeness (QED) is 0.651. The number of rotatable bonds is 4. The Labute approximate surface area is 193 Å². The van der Waals surface area contributed by atoms with Crippen LogP contribution in [0.2, 0.25) is 0 Å². The molecule has 3 amide bonds. The standard InChI is InChI=1S/C23H22BrN3O5/c1-13(28)32-12-20(29)27-10-15-5-3-4-6-16(15)22-17(11-27)21(25-23(30)26-22)14-7-8-19(31-2)18(24)9-14/h3-9,17,21H,10-12H2,1-2H3,(H,25,30). The Balaban J connectivity index is 1.76. The van der Waals surface area contributed by atoms with Crippen LogP contribution >= 0.6 is 15.9 Å². The summed E-state index contributed by atoms with van der Waals surface area (Å²) in [5, 5.41) is 2.95. The topological polar surface area (TPSA) is 97.3 Å². The van der Waals surface area contributed by atoms with Crippen molar-refractivity contribution < 1.29 is 23.9 Å². The van der Waals surface area contributed by atoms with Gasteiger partial charge in [0, 0.05) is 31.5 Å². The molecule has 0 radical (unpaired) electrons. The normalized spacial score (nSPS) is 19.7. The molecule has 0 saturated carbocycles. The van der Waals surface area contributed by atoms with E-state index in [4.69, 9.17) is 9.47 Å². The fourth-order valence-corrected chi connectivity index (χ4v) is 4.68. The second-order valence-corrected chi connectivity index (χ2v) is 8.49. The number of nitrogens with one attached hydrogen (secondary N) is 1. The summed E-state index contributed by atoms with van der Waals surface area (Å²) in [5.41, 5.74) is 3.22. The molecular formula is C23H22BrN3O5. The van der Waals surface area contributed by atoms with Crippen LogP contribution in [-0.2, 0) is 20.9 Å². The first-order valence-electron chi connectivity index (χ1n) is 10.1. The molecule has 0 spiro atoms. The zero-order chi connectivity index (χ0) is 22.8. The largest absolute Gasteiger partial charge is 0.496 e. The minimum absolute atomic E-state index is 0.294. The number of benzene rings is 2. The van der Waals surface area contributed by atoms with E-state index in [-0.39, 0.29) is 18.4 Å². The minimum atomic E-state index is -0.512. The summed E-state index contributed by atoms with van der Waals surface area (Å²) in [4.78, 5) is 42.6. The van der Waals surface area contributed by atoms with E-state index in [2.05, 4.69) is 26.2 Å². The van der Waals surface area contributed by atoms with Crippen molar-refractivity contribution in [3.63, 3.8) is 0 Å². The molecule has 2 aromatic carbocycles. The molecule has 32 heavy (non-hydrogen) atoms. The Kier molecular flexibility index (Phi) is 6.27. The summed E-state index contributed by atoms with van der Waals surface area (Å²) < 4.78 is 11.0. The Hall–Kier alpha value is -3.20. The monoisotopic (exact) mass is 499 g/mol. The molecule has 1 N–H and O–H groups in total. The Bertz CT molecular complexity index is 1120. The van der Waals surface area contributed by atoms with Crippen LogP contribution in [0.5, 0.6) is 5.75 Å². The molecule has 0 aromatic heterocycles. The van der Waals surface area contributed by atoms with Gasteiger partial charge in [0.1, 0.15) is 5.75 Å². The molecule has 0 bridgehead atoms. The van der Waals surface area contributed by atoms with E-state index in [0.29, 0.717) is 24.6 Å². The van der Waals surface area contributed by atoms with Gasteiger partial charge in [-0.3, -0.25) is 9.59 Å². The number of carbonyl (C=O) groups excluding carboxylic acids is 3. The van der Waals surface area contributed by atoms with Gasteiger partial charge in [0.25, 0.3) is 5.91 Å². The van der Waals surface area contributed by atoms with Crippen LogP contribution in [0.15, 0.2) is 51.9 Å². The predicted octanol–water partition coefficient (Wildman–Crippen LogP) is 3.23. The summed E-state index contributed by atoms with van der Waals surface area (Å²) in [5.74, 6) is -0.434. The van der Waals surface area contributed by atoms with Gasteiger partial charge in [-0.1, -0.05) is 30.3 Å². The summed E-state index contributed by atoms with van der Waals surface area (Å²) in [6, 6.07) is 12.4. The van der Waals surface area contributed by atoms with Crippen LogP contribution in [0.4, 0.5) is 4.79 Å². The first kappa shape index (κ1) is 22.0. The molecule has 2 aromatic rings. The lowest BCUT2D eigenvalue weighted by Crippen LogP contribution is -2.46. The van der Waals surface area contributed by atoms with Gasteiger partial charge >= 0.3 is 12.0 Å². The van der Waals surface area contributed by atoms with Crippen molar-refractivity contribution in [2.45, 2.75) is 19.5 Å². The van der Waals surface area contributed by atoms with Crippen LogP contribution in [-0.4, -0.2) is 48.8 Å². The SMILES string of the molecule is COc1ccc(C2NC(=O)N=C3c4ccccc4CN(C(=O)COC(C)=O)CC32)cc1Br. The maximum Gasteiger partial charge on any atom is 0.341 e. The lowest BCUT2D eigenvalue weighted by molar-refractivity contribution is -0.150. The van der Waals surface area contributed by atoms with Crippen molar-refractivity contribution in [3.8, 4) is 5.75 Å². The van der Waals surface area contributed by atoms with Crippen molar-refractivity contribution in [1.29, 1.82) is 0 Å². The highest BCUT2D eigenvalue weighted by atomic mass is 79.9. The molecule has 0 aliphatic carbocycles. The fourth-order valence-electron chi connectivity index (χ4n) is 4.12. The van der Waals surface area contributed by atoms with Crippen molar-refractivity contribution in [1.82, 2.24) is 10.2 Å². The molecule has 2 heterocycles. The van der Waals surface area contributed by atoms with Gasteiger partial charge in [-0.05, 0) is 39.2 Å². The van der Waals surface area contributed by atoms with Gasteiger partial charge in [0.15, 0.2) is 6.61 Å². The lowest BCUT2D eigenvalue weighted by Gasteiger charge is -2.34. The molecule has 4 rings (SSSR count). The molecule has 2 atom stereocenters.